The minimum atomic E-state index is 0.346. The molecular weight excluding hydrogens is 264 g/mol. The Kier molecular flexibility index (Phi) is 4.41. The fourth-order valence-corrected chi connectivity index (χ4v) is 3.33. The van der Waals surface area contributed by atoms with Gasteiger partial charge in [-0.05, 0) is 38.0 Å². The second-order valence-corrected chi connectivity index (χ2v) is 6.20. The Labute approximate surface area is 126 Å². The molecule has 2 aliphatic heterocycles. The molecule has 6 nitrogen and oxygen atoms in total. The summed E-state index contributed by atoms with van der Waals surface area (Å²) in [6.07, 6.45) is 7.46. The van der Waals surface area contributed by atoms with Crippen molar-refractivity contribution in [3.05, 3.63) is 0 Å². The molecule has 3 rings (SSSR count). The van der Waals surface area contributed by atoms with Gasteiger partial charge in [-0.25, -0.2) is 0 Å². The average Bonchev–Trinajstić information content (AvgIpc) is 2.55. The number of rotatable bonds is 3. The Hall–Kier alpha value is -1.59. The fraction of sp³-hybridized carbons (Fsp3) is 0.800. The van der Waals surface area contributed by atoms with Gasteiger partial charge in [0.1, 0.15) is 0 Å². The number of nitrogen functional groups attached to an aromatic ring is 1. The van der Waals surface area contributed by atoms with Crippen molar-refractivity contribution in [2.75, 3.05) is 41.7 Å². The van der Waals surface area contributed by atoms with Gasteiger partial charge in [0, 0.05) is 26.2 Å². The Bertz CT molecular complexity index is 471. The van der Waals surface area contributed by atoms with E-state index >= 15 is 0 Å². The van der Waals surface area contributed by atoms with Crippen molar-refractivity contribution in [1.29, 1.82) is 0 Å². The van der Waals surface area contributed by atoms with Gasteiger partial charge in [-0.2, -0.15) is 15.0 Å². The van der Waals surface area contributed by atoms with Crippen LogP contribution in [0, 0.1) is 5.92 Å². The van der Waals surface area contributed by atoms with Crippen LogP contribution in [0.1, 0.15) is 45.4 Å². The molecule has 0 bridgehead atoms. The van der Waals surface area contributed by atoms with Gasteiger partial charge in [0.2, 0.25) is 17.8 Å². The molecule has 0 saturated carbocycles. The minimum absolute atomic E-state index is 0.346. The molecule has 2 N–H and O–H groups in total. The highest BCUT2D eigenvalue weighted by Crippen LogP contribution is 2.24. The van der Waals surface area contributed by atoms with Crippen LogP contribution < -0.4 is 15.5 Å². The van der Waals surface area contributed by atoms with Gasteiger partial charge in [0.15, 0.2) is 0 Å². The van der Waals surface area contributed by atoms with Crippen molar-refractivity contribution in [1.82, 2.24) is 15.0 Å². The molecule has 116 valence electrons. The number of nitrogens with two attached hydrogens (primary N) is 1. The Morgan fingerprint density at radius 1 is 0.952 bits per heavy atom. The van der Waals surface area contributed by atoms with Crippen molar-refractivity contribution in [2.24, 2.45) is 5.92 Å². The van der Waals surface area contributed by atoms with Crippen molar-refractivity contribution >= 4 is 17.8 Å². The molecule has 0 amide bonds. The number of anilines is 3. The van der Waals surface area contributed by atoms with Crippen LogP contribution in [0.15, 0.2) is 0 Å². The summed E-state index contributed by atoms with van der Waals surface area (Å²) >= 11 is 0. The maximum atomic E-state index is 5.92. The molecule has 0 aromatic carbocycles. The summed E-state index contributed by atoms with van der Waals surface area (Å²) in [5.74, 6) is 2.62. The van der Waals surface area contributed by atoms with Crippen molar-refractivity contribution < 1.29 is 0 Å². The Balaban J connectivity index is 1.80. The van der Waals surface area contributed by atoms with E-state index in [0.29, 0.717) is 5.95 Å². The maximum absolute atomic E-state index is 5.92. The largest absolute Gasteiger partial charge is 0.368 e. The topological polar surface area (TPSA) is 71.2 Å². The smallest absolute Gasteiger partial charge is 0.231 e. The number of piperidine rings is 2. The monoisotopic (exact) mass is 290 g/mol. The molecule has 0 aliphatic carbocycles. The van der Waals surface area contributed by atoms with Gasteiger partial charge in [-0.1, -0.05) is 13.3 Å². The molecule has 1 unspecified atom stereocenters. The standard InChI is InChI=1S/C15H26N6/c1-2-12-7-6-10-21(11-12)15-18-13(16)17-14(19-15)20-8-4-3-5-9-20/h12H,2-11H2,1H3,(H2,16,17,18,19). The zero-order chi connectivity index (χ0) is 14.7. The molecule has 0 radical (unpaired) electrons. The van der Waals surface area contributed by atoms with E-state index in [1.54, 1.807) is 0 Å². The molecule has 21 heavy (non-hydrogen) atoms. The van der Waals surface area contributed by atoms with Gasteiger partial charge < -0.3 is 15.5 Å². The van der Waals surface area contributed by atoms with E-state index in [0.717, 1.165) is 44.0 Å². The second kappa shape index (κ2) is 6.45. The first-order chi connectivity index (χ1) is 10.3. The van der Waals surface area contributed by atoms with Crippen molar-refractivity contribution in [2.45, 2.75) is 45.4 Å². The predicted molar refractivity (Wildman–Crippen MR) is 85.5 cm³/mol. The van der Waals surface area contributed by atoms with E-state index in [1.807, 2.05) is 0 Å². The highest BCUT2D eigenvalue weighted by molar-refractivity contribution is 5.44. The normalized spacial score (nSPS) is 23.4. The number of aromatic nitrogens is 3. The van der Waals surface area contributed by atoms with Crippen LogP contribution in [0.25, 0.3) is 0 Å². The van der Waals surface area contributed by atoms with Crippen LogP contribution in [0.5, 0.6) is 0 Å². The summed E-state index contributed by atoms with van der Waals surface area (Å²) in [5.41, 5.74) is 5.92. The molecule has 2 saturated heterocycles. The fourth-order valence-electron chi connectivity index (χ4n) is 3.33. The summed E-state index contributed by atoms with van der Waals surface area (Å²) < 4.78 is 0. The predicted octanol–water partition coefficient (Wildman–Crippen LogP) is 2.07. The number of nitrogens with zero attached hydrogens (tertiary/aromatic N) is 5. The first-order valence-corrected chi connectivity index (χ1v) is 8.27. The maximum Gasteiger partial charge on any atom is 0.231 e. The van der Waals surface area contributed by atoms with E-state index < -0.39 is 0 Å². The van der Waals surface area contributed by atoms with E-state index in [1.165, 1.54) is 38.5 Å². The van der Waals surface area contributed by atoms with E-state index in [2.05, 4.69) is 26.7 Å². The minimum Gasteiger partial charge on any atom is -0.368 e. The third kappa shape index (κ3) is 3.36. The van der Waals surface area contributed by atoms with Crippen LogP contribution in [0.2, 0.25) is 0 Å². The van der Waals surface area contributed by atoms with Gasteiger partial charge in [-0.15, -0.1) is 0 Å². The highest BCUT2D eigenvalue weighted by atomic mass is 15.4. The Morgan fingerprint density at radius 2 is 1.62 bits per heavy atom. The van der Waals surface area contributed by atoms with Gasteiger partial charge in [-0.3, -0.25) is 0 Å². The summed E-state index contributed by atoms with van der Waals surface area (Å²) in [5, 5.41) is 0. The van der Waals surface area contributed by atoms with Crippen LogP contribution in [0.4, 0.5) is 17.8 Å². The van der Waals surface area contributed by atoms with Gasteiger partial charge in [0.25, 0.3) is 0 Å². The first kappa shape index (κ1) is 14.4. The van der Waals surface area contributed by atoms with Crippen LogP contribution in [-0.2, 0) is 0 Å². The zero-order valence-electron chi connectivity index (χ0n) is 13.0. The van der Waals surface area contributed by atoms with Gasteiger partial charge in [0.05, 0.1) is 0 Å². The van der Waals surface area contributed by atoms with Crippen LogP contribution >= 0.6 is 0 Å². The summed E-state index contributed by atoms with van der Waals surface area (Å²) in [7, 11) is 0. The summed E-state index contributed by atoms with van der Waals surface area (Å²) in [4.78, 5) is 17.9. The van der Waals surface area contributed by atoms with Crippen LogP contribution in [-0.4, -0.2) is 41.1 Å². The van der Waals surface area contributed by atoms with Crippen molar-refractivity contribution in [3.8, 4) is 0 Å². The number of hydrogen-bond donors (Lipinski definition) is 1. The third-order valence-corrected chi connectivity index (χ3v) is 4.65. The quantitative estimate of drug-likeness (QED) is 0.919. The molecule has 3 heterocycles. The molecule has 1 aromatic rings. The molecule has 2 fully saturated rings. The van der Waals surface area contributed by atoms with Crippen LogP contribution in [0.3, 0.4) is 0 Å². The lowest BCUT2D eigenvalue weighted by Crippen LogP contribution is -2.37. The molecule has 1 aromatic heterocycles. The second-order valence-electron chi connectivity index (χ2n) is 6.20. The summed E-state index contributed by atoms with van der Waals surface area (Å²) in [6, 6.07) is 0. The van der Waals surface area contributed by atoms with E-state index in [4.69, 9.17) is 10.7 Å². The molecule has 1 atom stereocenters. The first-order valence-electron chi connectivity index (χ1n) is 8.27. The highest BCUT2D eigenvalue weighted by Gasteiger charge is 2.23. The Morgan fingerprint density at radius 3 is 2.33 bits per heavy atom. The number of hydrogen-bond acceptors (Lipinski definition) is 6. The molecule has 6 heteroatoms. The molecular formula is C15H26N6. The van der Waals surface area contributed by atoms with Crippen molar-refractivity contribution in [3.63, 3.8) is 0 Å². The average molecular weight is 290 g/mol. The summed E-state index contributed by atoms with van der Waals surface area (Å²) in [6.45, 7) is 6.38. The zero-order valence-corrected chi connectivity index (χ0v) is 13.0. The van der Waals surface area contributed by atoms with E-state index in [-0.39, 0.29) is 0 Å². The van der Waals surface area contributed by atoms with Gasteiger partial charge >= 0.3 is 0 Å². The lowest BCUT2D eigenvalue weighted by molar-refractivity contribution is 0.401. The lowest BCUT2D eigenvalue weighted by atomic mass is 9.96. The third-order valence-electron chi connectivity index (χ3n) is 4.65. The molecule has 0 spiro atoms. The molecule has 2 aliphatic rings. The van der Waals surface area contributed by atoms with E-state index in [9.17, 15) is 0 Å². The lowest BCUT2D eigenvalue weighted by Gasteiger charge is -2.33. The SMILES string of the molecule is CCC1CCCN(c2nc(N)nc(N3CCCCC3)n2)C1.